The second-order valence-corrected chi connectivity index (χ2v) is 4.77. The van der Waals surface area contributed by atoms with E-state index in [1.807, 2.05) is 0 Å². The zero-order valence-electron chi connectivity index (χ0n) is 8.88. The van der Waals surface area contributed by atoms with Gasteiger partial charge in [-0.15, -0.1) is 0 Å². The van der Waals surface area contributed by atoms with Crippen molar-refractivity contribution in [3.63, 3.8) is 0 Å². The lowest BCUT2D eigenvalue weighted by molar-refractivity contribution is -0.125. The average molecular weight is 196 g/mol. The van der Waals surface area contributed by atoms with Gasteiger partial charge in [0.1, 0.15) is 0 Å². The molecule has 1 heterocycles. The van der Waals surface area contributed by atoms with Gasteiger partial charge in [0.2, 0.25) is 5.91 Å². The molecule has 1 saturated heterocycles. The Labute approximate surface area is 85.6 Å². The minimum absolute atomic E-state index is 0.104. The van der Waals surface area contributed by atoms with Gasteiger partial charge >= 0.3 is 0 Å². The molecular weight excluding hydrogens is 176 g/mol. The minimum atomic E-state index is 0.104. The molecule has 1 aliphatic heterocycles. The highest BCUT2D eigenvalue weighted by atomic mass is 16.2. The van der Waals surface area contributed by atoms with Gasteiger partial charge in [-0.2, -0.15) is 0 Å². The molecule has 1 amide bonds. The van der Waals surface area contributed by atoms with Gasteiger partial charge in [0.15, 0.2) is 0 Å². The van der Waals surface area contributed by atoms with E-state index in [4.69, 9.17) is 0 Å². The molecule has 0 aromatic heterocycles. The third kappa shape index (κ3) is 2.27. The van der Waals surface area contributed by atoms with Crippen LogP contribution in [-0.4, -0.2) is 24.5 Å². The van der Waals surface area contributed by atoms with Gasteiger partial charge in [-0.25, -0.2) is 0 Å². The van der Waals surface area contributed by atoms with E-state index in [0.717, 1.165) is 18.9 Å². The van der Waals surface area contributed by atoms with Gasteiger partial charge in [0.05, 0.1) is 6.04 Å². The molecule has 3 heteroatoms. The molecule has 80 valence electrons. The smallest absolute Gasteiger partial charge is 0.237 e. The summed E-state index contributed by atoms with van der Waals surface area (Å²) in [6.07, 6.45) is 5.94. The fourth-order valence-electron chi connectivity index (χ4n) is 2.38. The number of hydrogen-bond donors (Lipinski definition) is 2. The van der Waals surface area contributed by atoms with Crippen LogP contribution in [0.1, 0.15) is 39.0 Å². The first-order valence-electron chi connectivity index (χ1n) is 5.79. The molecule has 1 aliphatic carbocycles. The van der Waals surface area contributed by atoms with E-state index in [2.05, 4.69) is 17.6 Å². The monoisotopic (exact) mass is 196 g/mol. The van der Waals surface area contributed by atoms with E-state index in [-0.39, 0.29) is 11.9 Å². The Morgan fingerprint density at radius 3 is 2.71 bits per heavy atom. The molecule has 0 aromatic carbocycles. The van der Waals surface area contributed by atoms with Gasteiger partial charge in [-0.05, 0) is 31.7 Å². The number of rotatable bonds is 2. The number of amides is 1. The van der Waals surface area contributed by atoms with Crippen molar-refractivity contribution in [3.8, 4) is 0 Å². The Morgan fingerprint density at radius 2 is 2.14 bits per heavy atom. The SMILES string of the molecule is CC1CCCC(NC(=O)[C@H]2CCN2)C1. The Morgan fingerprint density at radius 1 is 1.36 bits per heavy atom. The van der Waals surface area contributed by atoms with Gasteiger partial charge in [-0.1, -0.05) is 19.8 Å². The highest BCUT2D eigenvalue weighted by molar-refractivity contribution is 5.82. The van der Waals surface area contributed by atoms with Crippen molar-refractivity contribution >= 4 is 5.91 Å². The zero-order valence-corrected chi connectivity index (χ0v) is 8.88. The molecule has 1 saturated carbocycles. The normalized spacial score (nSPS) is 37.4. The maximum atomic E-state index is 11.6. The van der Waals surface area contributed by atoms with Crippen LogP contribution in [0.15, 0.2) is 0 Å². The van der Waals surface area contributed by atoms with Gasteiger partial charge in [-0.3, -0.25) is 4.79 Å². The number of hydrogen-bond acceptors (Lipinski definition) is 2. The molecule has 0 aromatic rings. The van der Waals surface area contributed by atoms with Crippen LogP contribution in [-0.2, 0) is 4.79 Å². The summed E-state index contributed by atoms with van der Waals surface area (Å²) in [6.45, 7) is 3.28. The summed E-state index contributed by atoms with van der Waals surface area (Å²) >= 11 is 0. The zero-order chi connectivity index (χ0) is 9.97. The minimum Gasteiger partial charge on any atom is -0.352 e. The number of carbonyl (C=O) groups is 1. The van der Waals surface area contributed by atoms with Crippen molar-refractivity contribution < 1.29 is 4.79 Å². The van der Waals surface area contributed by atoms with Crippen molar-refractivity contribution in [1.29, 1.82) is 0 Å². The van der Waals surface area contributed by atoms with Crippen molar-refractivity contribution in [1.82, 2.24) is 10.6 Å². The summed E-state index contributed by atoms with van der Waals surface area (Å²) < 4.78 is 0. The van der Waals surface area contributed by atoms with E-state index >= 15 is 0 Å². The van der Waals surface area contributed by atoms with E-state index in [0.29, 0.717) is 6.04 Å². The van der Waals surface area contributed by atoms with Crippen LogP contribution in [0.3, 0.4) is 0 Å². The van der Waals surface area contributed by atoms with Crippen LogP contribution < -0.4 is 10.6 Å². The molecule has 2 fully saturated rings. The molecule has 3 nitrogen and oxygen atoms in total. The summed E-state index contributed by atoms with van der Waals surface area (Å²) in [4.78, 5) is 11.6. The van der Waals surface area contributed by atoms with Crippen LogP contribution in [0.5, 0.6) is 0 Å². The first-order valence-corrected chi connectivity index (χ1v) is 5.79. The molecule has 0 radical (unpaired) electrons. The van der Waals surface area contributed by atoms with Crippen LogP contribution in [0.25, 0.3) is 0 Å². The molecule has 3 atom stereocenters. The predicted octanol–water partition coefficient (Wildman–Crippen LogP) is 1.04. The Bertz CT molecular complexity index is 213. The summed E-state index contributed by atoms with van der Waals surface area (Å²) in [5.41, 5.74) is 0. The number of carbonyl (C=O) groups excluding carboxylic acids is 1. The summed E-state index contributed by atoms with van der Waals surface area (Å²) in [6, 6.07) is 0.542. The van der Waals surface area contributed by atoms with Crippen molar-refractivity contribution in [2.45, 2.75) is 51.1 Å². The molecule has 2 aliphatic rings. The van der Waals surface area contributed by atoms with Crippen LogP contribution in [0.4, 0.5) is 0 Å². The molecule has 0 spiro atoms. The molecule has 2 unspecified atom stereocenters. The molecule has 2 N–H and O–H groups in total. The first kappa shape index (κ1) is 9.97. The maximum Gasteiger partial charge on any atom is 0.237 e. The van der Waals surface area contributed by atoms with Crippen molar-refractivity contribution in [3.05, 3.63) is 0 Å². The van der Waals surface area contributed by atoms with Crippen LogP contribution >= 0.6 is 0 Å². The fraction of sp³-hybridized carbons (Fsp3) is 0.909. The average Bonchev–Trinajstić information content (AvgIpc) is 1.99. The van der Waals surface area contributed by atoms with E-state index in [1.54, 1.807) is 0 Å². The quantitative estimate of drug-likeness (QED) is 0.693. The van der Waals surface area contributed by atoms with Gasteiger partial charge in [0.25, 0.3) is 0 Å². The topological polar surface area (TPSA) is 41.1 Å². The van der Waals surface area contributed by atoms with Crippen molar-refractivity contribution in [2.24, 2.45) is 5.92 Å². The maximum absolute atomic E-state index is 11.6. The van der Waals surface area contributed by atoms with Gasteiger partial charge < -0.3 is 10.6 Å². The van der Waals surface area contributed by atoms with E-state index < -0.39 is 0 Å². The molecular formula is C11H20N2O. The van der Waals surface area contributed by atoms with Crippen LogP contribution in [0.2, 0.25) is 0 Å². The second-order valence-electron chi connectivity index (χ2n) is 4.77. The predicted molar refractivity (Wildman–Crippen MR) is 56.0 cm³/mol. The molecule has 2 rings (SSSR count). The third-order valence-electron chi connectivity index (χ3n) is 3.42. The number of nitrogens with one attached hydrogen (secondary N) is 2. The Kier molecular flexibility index (Phi) is 3.06. The lowest BCUT2D eigenvalue weighted by Gasteiger charge is -2.32. The third-order valence-corrected chi connectivity index (χ3v) is 3.42. The highest BCUT2D eigenvalue weighted by Gasteiger charge is 2.27. The second kappa shape index (κ2) is 4.30. The lowest BCUT2D eigenvalue weighted by Crippen LogP contribution is -2.55. The lowest BCUT2D eigenvalue weighted by atomic mass is 9.87. The van der Waals surface area contributed by atoms with E-state index in [9.17, 15) is 4.79 Å². The Hall–Kier alpha value is -0.570. The molecule has 14 heavy (non-hydrogen) atoms. The first-order chi connectivity index (χ1) is 6.75. The highest BCUT2D eigenvalue weighted by Crippen LogP contribution is 2.23. The summed E-state index contributed by atoms with van der Waals surface area (Å²) in [7, 11) is 0. The molecule has 0 bridgehead atoms. The van der Waals surface area contributed by atoms with Gasteiger partial charge in [0, 0.05) is 6.04 Å². The van der Waals surface area contributed by atoms with Crippen LogP contribution in [0, 0.1) is 5.92 Å². The summed E-state index contributed by atoms with van der Waals surface area (Å²) in [5.74, 6) is 0.999. The van der Waals surface area contributed by atoms with E-state index in [1.165, 1.54) is 25.7 Å². The Balaban J connectivity index is 1.75. The van der Waals surface area contributed by atoms with Crippen molar-refractivity contribution in [2.75, 3.05) is 6.54 Å². The standard InChI is InChI=1S/C11H20N2O/c1-8-3-2-4-9(7-8)13-11(14)10-5-6-12-10/h8-10,12H,2-7H2,1H3,(H,13,14)/t8?,9?,10-/m1/s1. The summed E-state index contributed by atoms with van der Waals surface area (Å²) in [5, 5.41) is 6.28. The fourth-order valence-corrected chi connectivity index (χ4v) is 2.38. The largest absolute Gasteiger partial charge is 0.352 e.